The molecule has 0 saturated heterocycles. The number of rotatable bonds is 15. The summed E-state index contributed by atoms with van der Waals surface area (Å²) < 4.78 is 11.6. The second-order valence-electron chi connectivity index (χ2n) is 12.9. The summed E-state index contributed by atoms with van der Waals surface area (Å²) in [6, 6.07) is 18.7. The molecule has 0 aromatic heterocycles. The first-order valence-electron chi connectivity index (χ1n) is 16.6. The van der Waals surface area contributed by atoms with Crippen LogP contribution in [0.3, 0.4) is 0 Å². The summed E-state index contributed by atoms with van der Waals surface area (Å²) in [6.45, 7) is 12.4. The van der Waals surface area contributed by atoms with Gasteiger partial charge in [0.2, 0.25) is 0 Å². The molecule has 4 aromatic rings. The van der Waals surface area contributed by atoms with Crippen LogP contribution in [0.5, 0.6) is 11.5 Å². The SMILES string of the molecule is Cc1cc(COc2c(Cl)cc(C(=O)NCC(=O)O)cc2Cl)cc(NC(C)C)c1.Cc1cc(COc2c(Cl)cc(CC(=O)O)cc2Cl)cc(NC(C)C)c1. The van der Waals surface area contributed by atoms with Crippen molar-refractivity contribution in [1.29, 1.82) is 0 Å². The van der Waals surface area contributed by atoms with Crippen molar-refractivity contribution < 1.29 is 34.1 Å². The van der Waals surface area contributed by atoms with Gasteiger partial charge in [-0.2, -0.15) is 0 Å². The summed E-state index contributed by atoms with van der Waals surface area (Å²) in [6.07, 6.45) is -0.137. The number of carboxylic acids is 2. The predicted octanol–water partition coefficient (Wildman–Crippen LogP) is 9.84. The molecule has 0 atom stereocenters. The summed E-state index contributed by atoms with van der Waals surface area (Å²) in [5.74, 6) is -2.04. The summed E-state index contributed by atoms with van der Waals surface area (Å²) in [7, 11) is 0. The first-order chi connectivity index (χ1) is 24.9. The van der Waals surface area contributed by atoms with E-state index in [0.29, 0.717) is 40.0 Å². The number of anilines is 2. The highest BCUT2D eigenvalue weighted by Gasteiger charge is 2.16. The molecule has 0 spiro atoms. The fraction of sp³-hybridized carbons (Fsp3) is 0.308. The number of carbonyl (C=O) groups excluding carboxylic acids is 1. The Hall–Kier alpha value is -4.35. The maximum absolute atomic E-state index is 12.0. The van der Waals surface area contributed by atoms with Crippen LogP contribution in [0.4, 0.5) is 11.4 Å². The number of nitrogens with one attached hydrogen (secondary N) is 3. The Kier molecular flexibility index (Phi) is 16.4. The van der Waals surface area contributed by atoms with E-state index in [1.54, 1.807) is 12.1 Å². The molecule has 0 aliphatic rings. The minimum absolute atomic E-state index is 0.137. The molecule has 53 heavy (non-hydrogen) atoms. The van der Waals surface area contributed by atoms with Crippen molar-refractivity contribution >= 4 is 75.6 Å². The Balaban J connectivity index is 0.000000287. The maximum atomic E-state index is 12.0. The zero-order valence-corrected chi connectivity index (χ0v) is 33.2. The van der Waals surface area contributed by atoms with E-state index < -0.39 is 24.4 Å². The highest BCUT2D eigenvalue weighted by Crippen LogP contribution is 2.36. The van der Waals surface area contributed by atoms with E-state index in [0.717, 1.165) is 33.6 Å². The largest absolute Gasteiger partial charge is 0.486 e. The Bertz CT molecular complexity index is 1890. The quantitative estimate of drug-likeness (QED) is 0.0793. The molecule has 0 unspecified atom stereocenters. The molecule has 284 valence electrons. The van der Waals surface area contributed by atoms with Gasteiger partial charge in [-0.1, -0.05) is 58.5 Å². The van der Waals surface area contributed by atoms with Crippen LogP contribution in [0.15, 0.2) is 60.7 Å². The molecule has 0 fully saturated rings. The van der Waals surface area contributed by atoms with Crippen molar-refractivity contribution in [3.05, 3.63) is 114 Å². The van der Waals surface area contributed by atoms with Crippen LogP contribution in [-0.4, -0.2) is 46.7 Å². The average Bonchev–Trinajstić information content (AvgIpc) is 3.01. The zero-order valence-electron chi connectivity index (χ0n) is 30.2. The van der Waals surface area contributed by atoms with E-state index in [4.69, 9.17) is 66.1 Å². The number of carboxylic acid groups (broad SMARTS) is 2. The summed E-state index contributed by atoms with van der Waals surface area (Å²) in [5, 5.41) is 27.4. The van der Waals surface area contributed by atoms with Crippen LogP contribution in [0, 0.1) is 13.8 Å². The lowest BCUT2D eigenvalue weighted by Gasteiger charge is -2.15. The van der Waals surface area contributed by atoms with Gasteiger partial charge in [-0.25, -0.2) is 0 Å². The smallest absolute Gasteiger partial charge is 0.322 e. The van der Waals surface area contributed by atoms with Gasteiger partial charge in [-0.15, -0.1) is 0 Å². The lowest BCUT2D eigenvalue weighted by atomic mass is 10.1. The van der Waals surface area contributed by atoms with E-state index in [9.17, 15) is 14.4 Å². The summed E-state index contributed by atoms with van der Waals surface area (Å²) in [5.41, 5.74) is 6.86. The molecule has 5 N–H and O–H groups in total. The zero-order chi connectivity index (χ0) is 39.4. The number of amides is 1. The van der Waals surface area contributed by atoms with Gasteiger partial charge in [0.1, 0.15) is 19.8 Å². The molecule has 1 amide bonds. The Morgan fingerprint density at radius 2 is 1.02 bits per heavy atom. The fourth-order valence-electron chi connectivity index (χ4n) is 5.15. The first kappa shape index (κ1) is 43.1. The van der Waals surface area contributed by atoms with Gasteiger partial charge in [0, 0.05) is 29.0 Å². The second-order valence-corrected chi connectivity index (χ2v) is 14.5. The number of carbonyl (C=O) groups is 3. The number of hydrogen-bond acceptors (Lipinski definition) is 7. The molecule has 14 heteroatoms. The van der Waals surface area contributed by atoms with Gasteiger partial charge in [0.25, 0.3) is 5.91 Å². The lowest BCUT2D eigenvalue weighted by Crippen LogP contribution is -2.29. The van der Waals surface area contributed by atoms with Gasteiger partial charge in [-0.05, 0) is 118 Å². The Labute approximate surface area is 329 Å². The topological polar surface area (TPSA) is 146 Å². The van der Waals surface area contributed by atoms with Crippen LogP contribution in [0.2, 0.25) is 20.1 Å². The molecule has 0 bridgehead atoms. The molecule has 0 aliphatic heterocycles. The fourth-order valence-corrected chi connectivity index (χ4v) is 6.39. The third kappa shape index (κ3) is 14.5. The Morgan fingerprint density at radius 1 is 0.604 bits per heavy atom. The highest BCUT2D eigenvalue weighted by molar-refractivity contribution is 6.38. The van der Waals surface area contributed by atoms with Crippen LogP contribution in [-0.2, 0) is 29.2 Å². The molecular formula is C39H43Cl4N3O7. The van der Waals surface area contributed by atoms with Gasteiger partial charge in [0.15, 0.2) is 11.5 Å². The van der Waals surface area contributed by atoms with Gasteiger partial charge in [0.05, 0.1) is 26.5 Å². The predicted molar refractivity (Wildman–Crippen MR) is 213 cm³/mol. The van der Waals surface area contributed by atoms with Crippen molar-refractivity contribution in [2.75, 3.05) is 17.2 Å². The van der Waals surface area contributed by atoms with E-state index in [-0.39, 0.29) is 34.4 Å². The Morgan fingerprint density at radius 3 is 1.40 bits per heavy atom. The van der Waals surface area contributed by atoms with E-state index in [1.807, 2.05) is 44.2 Å². The van der Waals surface area contributed by atoms with E-state index in [1.165, 1.54) is 12.1 Å². The maximum Gasteiger partial charge on any atom is 0.322 e. The summed E-state index contributed by atoms with van der Waals surface area (Å²) >= 11 is 24.8. The van der Waals surface area contributed by atoms with Crippen molar-refractivity contribution in [2.24, 2.45) is 0 Å². The minimum atomic E-state index is -1.14. The molecule has 10 nitrogen and oxygen atoms in total. The average molecular weight is 808 g/mol. The number of hydrogen-bond donors (Lipinski definition) is 5. The standard InChI is InChI=1S/C20H22Cl2N2O4.C19H21Cl2NO3/c1-11(2)24-15-5-12(3)4-13(6-15)10-28-19-16(21)7-14(8-17(19)22)20(27)23-9-18(25)26;1-11(2)22-15-5-12(3)4-14(6-15)10-25-19-16(20)7-13(8-17(19)21)9-18(23)24/h4-8,11,24H,9-10H2,1-3H3,(H,23,27)(H,25,26);4-8,11,22H,9-10H2,1-3H3,(H,23,24). The highest BCUT2D eigenvalue weighted by atomic mass is 35.5. The number of aryl methyl sites for hydroxylation is 2. The third-order valence-corrected chi connectivity index (χ3v) is 8.15. The van der Waals surface area contributed by atoms with Crippen molar-refractivity contribution in [3.8, 4) is 11.5 Å². The van der Waals surface area contributed by atoms with Crippen LogP contribution >= 0.6 is 46.4 Å². The van der Waals surface area contributed by atoms with Crippen LogP contribution in [0.1, 0.15) is 65.9 Å². The third-order valence-electron chi connectivity index (χ3n) is 7.03. The minimum Gasteiger partial charge on any atom is -0.486 e. The second kappa shape index (κ2) is 20.2. The molecule has 0 heterocycles. The molecule has 0 aliphatic carbocycles. The monoisotopic (exact) mass is 805 g/mol. The number of benzene rings is 4. The van der Waals surface area contributed by atoms with E-state index >= 15 is 0 Å². The number of halogens is 4. The lowest BCUT2D eigenvalue weighted by molar-refractivity contribution is -0.137. The molecule has 0 saturated carbocycles. The van der Waals surface area contributed by atoms with Crippen molar-refractivity contribution in [1.82, 2.24) is 5.32 Å². The summed E-state index contributed by atoms with van der Waals surface area (Å²) in [4.78, 5) is 33.3. The van der Waals surface area contributed by atoms with Crippen LogP contribution in [0.25, 0.3) is 0 Å². The van der Waals surface area contributed by atoms with Gasteiger partial charge in [-0.3, -0.25) is 14.4 Å². The normalized spacial score (nSPS) is 10.7. The van der Waals surface area contributed by atoms with Crippen molar-refractivity contribution in [2.45, 2.75) is 73.3 Å². The first-order valence-corrected chi connectivity index (χ1v) is 18.1. The molecule has 0 radical (unpaired) electrons. The number of aliphatic carboxylic acids is 2. The number of ether oxygens (including phenoxy) is 2. The molecule has 4 rings (SSSR count). The van der Waals surface area contributed by atoms with Crippen molar-refractivity contribution in [3.63, 3.8) is 0 Å². The van der Waals surface area contributed by atoms with Crippen LogP contribution < -0.4 is 25.4 Å². The van der Waals surface area contributed by atoms with Gasteiger partial charge >= 0.3 is 11.9 Å². The molecule has 4 aromatic carbocycles. The van der Waals surface area contributed by atoms with E-state index in [2.05, 4.69) is 49.7 Å². The van der Waals surface area contributed by atoms with Gasteiger partial charge < -0.3 is 35.6 Å². The molecular weight excluding hydrogens is 764 g/mol.